The molecule has 2 unspecified atom stereocenters. The molecular weight excluding hydrogens is 413 g/mol. The standard InChI is InChI=1S/C20H18FN3O3S2/c21-14-5-1-2-6-15(14)22-17(25)12-24-16-8-11-29-18(16)19(26)23(20(24)27)9-7-13-4-3-10-28-13/h1-6,8,10-11,16,18H,7,9,12H2,(H,22,25). The Morgan fingerprint density at radius 2 is 2.00 bits per heavy atom. The van der Waals surface area contributed by atoms with E-state index in [4.69, 9.17) is 0 Å². The number of benzene rings is 1. The smallest absolute Gasteiger partial charge is 0.322 e. The Balaban J connectivity index is 1.49. The number of thioether (sulfide) groups is 1. The number of hydrogen-bond acceptors (Lipinski definition) is 5. The van der Waals surface area contributed by atoms with Crippen molar-refractivity contribution in [2.75, 3.05) is 18.4 Å². The van der Waals surface area contributed by atoms with Crippen molar-refractivity contribution in [2.24, 2.45) is 0 Å². The van der Waals surface area contributed by atoms with E-state index in [0.717, 1.165) is 4.88 Å². The highest BCUT2D eigenvalue weighted by Gasteiger charge is 2.47. The molecule has 3 heterocycles. The van der Waals surface area contributed by atoms with Gasteiger partial charge in [-0.1, -0.05) is 24.3 Å². The molecule has 1 saturated heterocycles. The third-order valence-electron chi connectivity index (χ3n) is 4.78. The molecule has 6 nitrogen and oxygen atoms in total. The molecule has 0 bridgehead atoms. The van der Waals surface area contributed by atoms with Crippen LogP contribution in [0.25, 0.3) is 0 Å². The van der Waals surface area contributed by atoms with Crippen LogP contribution in [0.5, 0.6) is 0 Å². The summed E-state index contributed by atoms with van der Waals surface area (Å²) in [6.45, 7) is -0.00455. The zero-order valence-electron chi connectivity index (χ0n) is 15.3. The van der Waals surface area contributed by atoms with Gasteiger partial charge in [0.2, 0.25) is 11.8 Å². The van der Waals surface area contributed by atoms with Crippen molar-refractivity contribution in [3.8, 4) is 0 Å². The minimum Gasteiger partial charge on any atom is -0.322 e. The molecule has 0 spiro atoms. The van der Waals surface area contributed by atoms with Crippen LogP contribution in [0.1, 0.15) is 4.88 Å². The average molecular weight is 432 g/mol. The van der Waals surface area contributed by atoms with Crippen LogP contribution < -0.4 is 5.32 Å². The summed E-state index contributed by atoms with van der Waals surface area (Å²) in [6, 6.07) is 8.75. The maximum atomic E-state index is 13.8. The lowest BCUT2D eigenvalue weighted by Crippen LogP contribution is -2.63. The van der Waals surface area contributed by atoms with Crippen molar-refractivity contribution in [3.63, 3.8) is 0 Å². The Kier molecular flexibility index (Phi) is 5.68. The first-order valence-corrected chi connectivity index (χ1v) is 10.9. The summed E-state index contributed by atoms with van der Waals surface area (Å²) >= 11 is 2.91. The van der Waals surface area contributed by atoms with Gasteiger partial charge in [0, 0.05) is 11.4 Å². The number of urea groups is 1. The molecular formula is C20H18FN3O3S2. The second-order valence-corrected chi connectivity index (χ2v) is 8.72. The van der Waals surface area contributed by atoms with E-state index < -0.39 is 29.0 Å². The summed E-state index contributed by atoms with van der Waals surface area (Å²) < 4.78 is 13.8. The van der Waals surface area contributed by atoms with Gasteiger partial charge in [-0.2, -0.15) is 0 Å². The molecule has 1 aromatic heterocycles. The summed E-state index contributed by atoms with van der Waals surface area (Å²) in [5, 5.41) is 5.77. The molecule has 29 heavy (non-hydrogen) atoms. The van der Waals surface area contributed by atoms with Gasteiger partial charge >= 0.3 is 6.03 Å². The number of rotatable bonds is 6. The summed E-state index contributed by atoms with van der Waals surface area (Å²) in [6.07, 6.45) is 2.33. The third-order valence-corrected chi connectivity index (χ3v) is 6.80. The molecule has 1 fully saturated rings. The number of nitrogens with zero attached hydrogens (tertiary/aromatic N) is 2. The number of nitrogens with one attached hydrogen (secondary N) is 1. The van der Waals surface area contributed by atoms with E-state index in [1.165, 1.54) is 39.8 Å². The average Bonchev–Trinajstić information content (AvgIpc) is 3.39. The number of amides is 4. The molecule has 2 aromatic rings. The Labute approximate surface area is 175 Å². The number of imide groups is 1. The Morgan fingerprint density at radius 3 is 2.76 bits per heavy atom. The Hall–Kier alpha value is -2.65. The second-order valence-electron chi connectivity index (χ2n) is 6.63. The third kappa shape index (κ3) is 4.06. The fraction of sp³-hybridized carbons (Fsp3) is 0.250. The normalized spacial score (nSPS) is 20.9. The highest BCUT2D eigenvalue weighted by atomic mass is 32.2. The van der Waals surface area contributed by atoms with Crippen molar-refractivity contribution < 1.29 is 18.8 Å². The van der Waals surface area contributed by atoms with Gasteiger partial charge in [-0.15, -0.1) is 23.1 Å². The van der Waals surface area contributed by atoms with Crippen LogP contribution >= 0.6 is 23.1 Å². The number of halogens is 1. The van der Waals surface area contributed by atoms with Crippen LogP contribution in [-0.2, 0) is 16.0 Å². The summed E-state index contributed by atoms with van der Waals surface area (Å²) in [5.74, 6) is -1.30. The van der Waals surface area contributed by atoms with Crippen LogP contribution in [0, 0.1) is 5.82 Å². The number of anilines is 1. The van der Waals surface area contributed by atoms with Crippen LogP contribution in [0.15, 0.2) is 53.3 Å². The summed E-state index contributed by atoms with van der Waals surface area (Å²) in [7, 11) is 0. The lowest BCUT2D eigenvalue weighted by molar-refractivity contribution is -0.132. The molecule has 0 radical (unpaired) electrons. The molecule has 1 aromatic carbocycles. The predicted octanol–water partition coefficient (Wildman–Crippen LogP) is 3.33. The van der Waals surface area contributed by atoms with E-state index in [0.29, 0.717) is 6.42 Å². The lowest BCUT2D eigenvalue weighted by atomic mass is 10.1. The molecule has 2 aliphatic heterocycles. The fourth-order valence-corrected chi connectivity index (χ4v) is 5.12. The molecule has 4 amide bonds. The van der Waals surface area contributed by atoms with Gasteiger partial charge in [-0.3, -0.25) is 14.5 Å². The molecule has 1 N–H and O–H groups in total. The Morgan fingerprint density at radius 1 is 1.17 bits per heavy atom. The first-order valence-electron chi connectivity index (χ1n) is 9.05. The van der Waals surface area contributed by atoms with Crippen molar-refractivity contribution in [1.29, 1.82) is 0 Å². The number of carbonyl (C=O) groups excluding carboxylic acids is 3. The lowest BCUT2D eigenvalue weighted by Gasteiger charge is -2.40. The van der Waals surface area contributed by atoms with Gasteiger partial charge < -0.3 is 10.2 Å². The minimum absolute atomic E-state index is 0.0560. The van der Waals surface area contributed by atoms with Gasteiger partial charge in [-0.05, 0) is 35.4 Å². The maximum Gasteiger partial charge on any atom is 0.327 e. The number of thiophene rings is 1. The van der Waals surface area contributed by atoms with Gasteiger partial charge in [-0.25, -0.2) is 9.18 Å². The largest absolute Gasteiger partial charge is 0.327 e. The van der Waals surface area contributed by atoms with Gasteiger partial charge in [0.15, 0.2) is 0 Å². The van der Waals surface area contributed by atoms with Gasteiger partial charge in [0.25, 0.3) is 0 Å². The monoisotopic (exact) mass is 431 g/mol. The number of fused-ring (bicyclic) bond motifs is 1. The van der Waals surface area contributed by atoms with Crippen LogP contribution in [0.4, 0.5) is 14.9 Å². The number of para-hydroxylation sites is 1. The summed E-state index contributed by atoms with van der Waals surface area (Å²) in [5.41, 5.74) is 0.0560. The SMILES string of the molecule is O=C(CN1C(=O)N(CCc2cccs2)C(=O)C2SC=CC21)Nc1ccccc1F. The second kappa shape index (κ2) is 8.38. The minimum atomic E-state index is -0.548. The highest BCUT2D eigenvalue weighted by molar-refractivity contribution is 8.03. The van der Waals surface area contributed by atoms with E-state index in [1.807, 2.05) is 17.5 Å². The predicted molar refractivity (Wildman–Crippen MR) is 111 cm³/mol. The van der Waals surface area contributed by atoms with Crippen molar-refractivity contribution in [3.05, 3.63) is 64.0 Å². The van der Waals surface area contributed by atoms with E-state index in [2.05, 4.69) is 5.32 Å². The Bertz CT molecular complexity index is 964. The molecule has 2 aliphatic rings. The van der Waals surface area contributed by atoms with Gasteiger partial charge in [0.05, 0.1) is 11.7 Å². The highest BCUT2D eigenvalue weighted by Crippen LogP contribution is 2.34. The molecule has 0 aliphatic carbocycles. The number of carbonyl (C=O) groups is 3. The van der Waals surface area contributed by atoms with Crippen molar-refractivity contribution in [2.45, 2.75) is 17.7 Å². The van der Waals surface area contributed by atoms with E-state index in [1.54, 1.807) is 28.9 Å². The topological polar surface area (TPSA) is 69.7 Å². The molecule has 150 valence electrons. The van der Waals surface area contributed by atoms with E-state index in [-0.39, 0.29) is 24.7 Å². The molecule has 2 atom stereocenters. The van der Waals surface area contributed by atoms with Crippen LogP contribution in [0.3, 0.4) is 0 Å². The van der Waals surface area contributed by atoms with E-state index in [9.17, 15) is 18.8 Å². The first-order chi connectivity index (χ1) is 14.0. The van der Waals surface area contributed by atoms with Gasteiger partial charge in [0.1, 0.15) is 17.6 Å². The fourth-order valence-electron chi connectivity index (χ4n) is 3.36. The van der Waals surface area contributed by atoms with Crippen LogP contribution in [-0.4, -0.2) is 52.0 Å². The molecule has 9 heteroatoms. The summed E-state index contributed by atoms with van der Waals surface area (Å²) in [4.78, 5) is 42.0. The quantitative estimate of drug-likeness (QED) is 0.762. The zero-order valence-corrected chi connectivity index (χ0v) is 16.9. The van der Waals surface area contributed by atoms with Crippen molar-refractivity contribution >= 4 is 46.6 Å². The molecule has 4 rings (SSSR count). The van der Waals surface area contributed by atoms with E-state index >= 15 is 0 Å². The van der Waals surface area contributed by atoms with Crippen LogP contribution in [0.2, 0.25) is 0 Å². The zero-order chi connectivity index (χ0) is 20.4. The first kappa shape index (κ1) is 19.7. The maximum absolute atomic E-state index is 13.8. The number of hydrogen-bond donors (Lipinski definition) is 1. The molecule has 0 saturated carbocycles. The van der Waals surface area contributed by atoms with Crippen molar-refractivity contribution in [1.82, 2.24) is 9.80 Å².